The van der Waals surface area contributed by atoms with E-state index in [4.69, 9.17) is 37.0 Å². The first kappa shape index (κ1) is 80.2. The molecule has 5 N–H and O–H groups in total. The van der Waals surface area contributed by atoms with Crippen molar-refractivity contribution < 1.29 is 299 Å². The molecule has 0 saturated carbocycles. The summed E-state index contributed by atoms with van der Waals surface area (Å²) >= 11 is 4.64. The molecule has 0 aliphatic rings. The fraction of sp³-hybridized carbons (Fsp3) is 0.105. The molecule has 0 saturated heterocycles. The summed E-state index contributed by atoms with van der Waals surface area (Å²) in [6.45, 7) is 4.91. The number of anilines is 3. The summed E-state index contributed by atoms with van der Waals surface area (Å²) in [6.07, 6.45) is 0. The van der Waals surface area contributed by atoms with Gasteiger partial charge in [-0.05, 0) is 106 Å². The van der Waals surface area contributed by atoms with Crippen LogP contribution in [0.25, 0.3) is 32.3 Å². The number of hydrogen-bond donors (Lipinski definition) is 4. The van der Waals surface area contributed by atoms with Crippen molar-refractivity contribution in [3.63, 3.8) is 0 Å². The Labute approximate surface area is 614 Å². The first-order valence-corrected chi connectivity index (χ1v) is 28.8. The first-order chi connectivity index (χ1) is 32.0. The predicted molar refractivity (Wildman–Crippen MR) is 253 cm³/mol. The van der Waals surface area contributed by atoms with Gasteiger partial charge in [0, 0.05) is 76.9 Å². The summed E-state index contributed by atoms with van der Waals surface area (Å²) in [6, 6.07) is 17.3. The molecule has 0 heterocycles. The Morgan fingerprint density at radius 1 is 0.453 bits per heavy atom. The van der Waals surface area contributed by atoms with Gasteiger partial charge in [0.1, 0.15) is 40.5 Å². The van der Waals surface area contributed by atoms with Crippen molar-refractivity contribution in [3.05, 3.63) is 91.0 Å². The van der Waals surface area contributed by atoms with E-state index in [-0.39, 0.29) is 260 Å². The number of nitrogens with one attached hydrogen (secondary N) is 2. The second kappa shape index (κ2) is 33.3. The number of nitrogen functional groups attached to an aromatic ring is 1. The Hall–Kier alpha value is 0.935. The van der Waals surface area contributed by atoms with Crippen LogP contribution in [0.1, 0.15) is 27.7 Å². The molecule has 6 aromatic rings. The SMILES string of the molecule is CC(=O)Cl.CC(=O)Nc1ccc2cc(S(=O)(=O)Cl)cc(S(=O)(=O)Cl)c2c1.CC(=O)Nc1ccc2cc(S(=O)(=O)[O-])cc(S(=O)(=O)[O-])c2c1.CC(=O)O.Nc1ccc2c(S(=O)(=O)[O-])cc(S(=O)(=O)[O-])cc2c1.[K+].[K+].[K+].[K+]. The van der Waals surface area contributed by atoms with E-state index in [1.165, 1.54) is 81.4 Å². The Morgan fingerprint density at radius 3 is 1.09 bits per heavy atom. The second-order valence-electron chi connectivity index (χ2n) is 13.7. The third kappa shape index (κ3) is 27.7. The summed E-state index contributed by atoms with van der Waals surface area (Å²) in [5, 5.41) is 12.5. The molecule has 0 aliphatic heterocycles. The van der Waals surface area contributed by atoms with Gasteiger partial charge >= 0.3 is 206 Å². The normalized spacial score (nSPS) is 11.1. The molecule has 0 unspecified atom stereocenters. The quantitative estimate of drug-likeness (QED) is 0.0476. The molecule has 6 aromatic carbocycles. The van der Waals surface area contributed by atoms with Gasteiger partial charge in [-0.25, -0.2) is 50.5 Å². The largest absolute Gasteiger partial charge is 1.00 e. The molecule has 0 aliphatic carbocycles. The number of carbonyl (C=O) groups is 4. The van der Waals surface area contributed by atoms with Crippen LogP contribution in [0.3, 0.4) is 0 Å². The maximum absolute atomic E-state index is 11.7. The number of carboxylic acid groups (broad SMARTS) is 1. The molecule has 0 bridgehead atoms. The molecule has 0 atom stereocenters. The van der Waals surface area contributed by atoms with Crippen LogP contribution >= 0.6 is 33.0 Å². The minimum absolute atomic E-state index is 0. The monoisotopic (exact) mass is 1320 g/mol. The summed E-state index contributed by atoms with van der Waals surface area (Å²) in [5.41, 5.74) is 6.30. The van der Waals surface area contributed by atoms with E-state index in [0.29, 0.717) is 23.2 Å². The summed E-state index contributed by atoms with van der Waals surface area (Å²) in [7, 11) is -17.5. The van der Waals surface area contributed by atoms with Crippen molar-refractivity contribution in [1.29, 1.82) is 0 Å². The third-order valence-corrected chi connectivity index (χ3v) is 14.1. The van der Waals surface area contributed by atoms with Crippen molar-refractivity contribution in [2.24, 2.45) is 0 Å². The summed E-state index contributed by atoms with van der Waals surface area (Å²) in [5.74, 6) is -1.58. The van der Waals surface area contributed by atoms with Crippen molar-refractivity contribution in [2.75, 3.05) is 16.4 Å². The van der Waals surface area contributed by atoms with Crippen LogP contribution in [-0.4, -0.2) is 96.9 Å². The zero-order chi connectivity index (χ0) is 55.0. The minimum Gasteiger partial charge on any atom is -0.744 e. The number of rotatable bonds is 8. The van der Waals surface area contributed by atoms with E-state index in [0.717, 1.165) is 25.1 Å². The van der Waals surface area contributed by atoms with Crippen LogP contribution in [0.5, 0.6) is 0 Å². The number of halogens is 3. The fourth-order valence-corrected chi connectivity index (χ4v) is 10.1. The molecule has 37 heteroatoms. The number of amides is 2. The molecular formula is C38H32Cl3K4N3O21S6. The van der Waals surface area contributed by atoms with Crippen LogP contribution in [0.2, 0.25) is 0 Å². The zero-order valence-electron chi connectivity index (χ0n) is 39.9. The standard InChI is InChI=1S/C12H9Cl2NO5S2.C12H11NO7S2.C10H9NO6S2.C2H3ClO.C2H4O2.4K/c1-7(16)15-9-3-2-8-4-10(21(13,17)18)6-12(11(8)5-9)22(14,19)20;1-7(14)13-9-3-2-8-4-10(21(15,16)17)6-12(11(8)5-9)22(18,19)20;11-7-1-2-9-6(3-7)4-8(18(12,13)14)5-10(9)19(15,16)17;2*1-2(3)4;;;;/h2-6H,1H3,(H,15,16);2-6H,1H3,(H,13,14)(H,15,16,17)(H,18,19,20);1-5H,11H2,(H,12,13,14)(H,15,16,17);1H3;1H3,(H,3,4);;;;/q;;;;;4*+1/p-4. The summed E-state index contributed by atoms with van der Waals surface area (Å²) < 4.78 is 180. The molecular weight excluding hydrogens is 1290 g/mol. The average molecular weight is 1320 g/mol. The van der Waals surface area contributed by atoms with Crippen LogP contribution in [0.4, 0.5) is 17.1 Å². The van der Waals surface area contributed by atoms with Gasteiger partial charge in [0.15, 0.2) is 0 Å². The van der Waals surface area contributed by atoms with Gasteiger partial charge in [0.25, 0.3) is 24.1 Å². The van der Waals surface area contributed by atoms with Crippen molar-refractivity contribution >= 4 is 164 Å². The number of hydrogen-bond acceptors (Lipinski definition) is 21. The number of fused-ring (bicyclic) bond motifs is 3. The van der Waals surface area contributed by atoms with Gasteiger partial charge in [-0.1, -0.05) is 18.2 Å². The number of aliphatic carboxylic acids is 1. The Morgan fingerprint density at radius 2 is 0.773 bits per heavy atom. The number of carbonyl (C=O) groups excluding carboxylic acids is 3. The van der Waals surface area contributed by atoms with E-state index in [1.807, 2.05) is 0 Å². The maximum atomic E-state index is 11.7. The van der Waals surface area contributed by atoms with Crippen molar-refractivity contribution in [2.45, 2.75) is 57.1 Å². The smallest absolute Gasteiger partial charge is 0.744 e. The molecule has 0 radical (unpaired) electrons. The Bertz CT molecular complexity index is 3660. The van der Waals surface area contributed by atoms with E-state index >= 15 is 0 Å². The van der Waals surface area contributed by atoms with Gasteiger partial charge in [-0.3, -0.25) is 19.2 Å². The van der Waals surface area contributed by atoms with Crippen LogP contribution < -0.4 is 222 Å². The zero-order valence-corrected chi connectivity index (χ0v) is 59.6. The second-order valence-corrected chi connectivity index (χ2v) is 24.7. The molecule has 0 aromatic heterocycles. The van der Waals surface area contributed by atoms with Crippen molar-refractivity contribution in [3.8, 4) is 0 Å². The minimum atomic E-state index is -5.02. The molecule has 24 nitrogen and oxygen atoms in total. The van der Waals surface area contributed by atoms with E-state index in [2.05, 4.69) is 22.2 Å². The van der Waals surface area contributed by atoms with E-state index in [9.17, 15) is 83.1 Å². The molecule has 0 fully saturated rings. The average Bonchev–Trinajstić information content (AvgIpc) is 3.17. The topological polar surface area (TPSA) is 436 Å². The van der Waals surface area contributed by atoms with Gasteiger partial charge in [0.2, 0.25) is 17.1 Å². The third-order valence-electron chi connectivity index (χ3n) is 7.99. The predicted octanol–water partition coefficient (Wildman–Crippen LogP) is -7.63. The van der Waals surface area contributed by atoms with Gasteiger partial charge in [0.05, 0.1) is 29.4 Å². The van der Waals surface area contributed by atoms with Gasteiger partial charge < -0.3 is 39.7 Å². The van der Waals surface area contributed by atoms with Gasteiger partial charge in [-0.2, -0.15) is 0 Å². The van der Waals surface area contributed by atoms with Gasteiger partial charge in [-0.15, -0.1) is 0 Å². The fourth-order valence-electron chi connectivity index (χ4n) is 5.53. The van der Waals surface area contributed by atoms with E-state index in [1.54, 1.807) is 0 Å². The number of nitrogens with two attached hydrogens (primary N) is 1. The Balaban J connectivity index is -0.000000943. The summed E-state index contributed by atoms with van der Waals surface area (Å²) in [4.78, 5) is 36.3. The number of carboxylic acids is 1. The molecule has 386 valence electrons. The molecule has 2 amide bonds. The van der Waals surface area contributed by atoms with Crippen LogP contribution in [0, 0.1) is 0 Å². The molecule has 75 heavy (non-hydrogen) atoms. The van der Waals surface area contributed by atoms with Crippen LogP contribution in [-0.2, 0) is 77.8 Å². The van der Waals surface area contributed by atoms with E-state index < -0.39 is 94.9 Å². The first-order valence-electron chi connectivity index (χ1n) is 18.1. The van der Waals surface area contributed by atoms with Crippen LogP contribution in [0.15, 0.2) is 120 Å². The Kier molecular flexibility index (Phi) is 35.6. The number of benzene rings is 6. The van der Waals surface area contributed by atoms with Crippen molar-refractivity contribution in [1.82, 2.24) is 0 Å². The maximum Gasteiger partial charge on any atom is 1.00 e. The molecule has 0 spiro atoms. The molecule has 6 rings (SSSR count).